The van der Waals surface area contributed by atoms with Crippen molar-refractivity contribution in [1.29, 1.82) is 0 Å². The highest BCUT2D eigenvalue weighted by molar-refractivity contribution is 7.89. The minimum absolute atomic E-state index is 0.0639. The Morgan fingerprint density at radius 3 is 2.29 bits per heavy atom. The third-order valence-corrected chi connectivity index (χ3v) is 4.13. The Morgan fingerprint density at radius 2 is 1.88 bits per heavy atom. The van der Waals surface area contributed by atoms with Crippen LogP contribution in [0.4, 0.5) is 0 Å². The van der Waals surface area contributed by atoms with E-state index in [0.29, 0.717) is 5.75 Å². The van der Waals surface area contributed by atoms with E-state index in [4.69, 9.17) is 4.74 Å². The van der Waals surface area contributed by atoms with E-state index in [1.54, 1.807) is 19.1 Å². The summed E-state index contributed by atoms with van der Waals surface area (Å²) in [6, 6.07) is 6.13. The number of aliphatic hydroxyl groups is 1. The van der Waals surface area contributed by atoms with Gasteiger partial charge in [0.05, 0.1) is 18.1 Å². The van der Waals surface area contributed by atoms with Crippen molar-refractivity contribution in [3.63, 3.8) is 0 Å². The van der Waals surface area contributed by atoms with Gasteiger partial charge in [-0.3, -0.25) is 0 Å². The van der Waals surface area contributed by atoms with Crippen molar-refractivity contribution < 1.29 is 18.3 Å². The van der Waals surface area contributed by atoms with Crippen molar-refractivity contribution in [2.24, 2.45) is 0 Å². The maximum absolute atomic E-state index is 12.0. The molecule has 1 rings (SSSR count). The quantitative estimate of drug-likeness (QED) is 0.845. The number of aliphatic hydroxyl groups excluding tert-OH is 1. The Morgan fingerprint density at radius 1 is 1.35 bits per heavy atom. The first-order valence-electron chi connectivity index (χ1n) is 5.16. The smallest absolute Gasteiger partial charge is 0.242 e. The molecule has 1 unspecified atom stereocenters. The highest BCUT2D eigenvalue weighted by Crippen LogP contribution is 2.18. The number of rotatable bonds is 5. The van der Waals surface area contributed by atoms with E-state index in [-0.39, 0.29) is 11.4 Å². The maximum Gasteiger partial charge on any atom is 0.242 e. The molecule has 0 spiro atoms. The molecule has 17 heavy (non-hydrogen) atoms. The lowest BCUT2D eigenvalue weighted by atomic mass is 10.3. The Bertz CT molecular complexity index is 453. The summed E-state index contributed by atoms with van der Waals surface area (Å²) in [6.07, 6.45) is -0.701. The van der Waals surface area contributed by atoms with Crippen LogP contribution in [0.25, 0.3) is 0 Å². The van der Waals surface area contributed by atoms with Gasteiger partial charge in [0.2, 0.25) is 10.0 Å². The largest absolute Gasteiger partial charge is 0.497 e. The average molecular weight is 259 g/mol. The van der Waals surface area contributed by atoms with Gasteiger partial charge in [-0.05, 0) is 31.2 Å². The average Bonchev–Trinajstić information content (AvgIpc) is 2.28. The molecule has 0 aliphatic carbocycles. The van der Waals surface area contributed by atoms with Gasteiger partial charge in [-0.2, -0.15) is 4.31 Å². The summed E-state index contributed by atoms with van der Waals surface area (Å²) in [4.78, 5) is 0.182. The zero-order valence-electron chi connectivity index (χ0n) is 10.1. The van der Waals surface area contributed by atoms with E-state index in [0.717, 1.165) is 4.31 Å². The number of sulfonamides is 1. The second-order valence-electron chi connectivity index (χ2n) is 3.81. The highest BCUT2D eigenvalue weighted by Gasteiger charge is 2.21. The fraction of sp³-hybridized carbons (Fsp3) is 0.455. The van der Waals surface area contributed by atoms with Crippen molar-refractivity contribution in [3.8, 4) is 5.75 Å². The van der Waals surface area contributed by atoms with Crippen LogP contribution >= 0.6 is 0 Å². The van der Waals surface area contributed by atoms with Crippen LogP contribution in [-0.4, -0.2) is 44.6 Å². The summed E-state index contributed by atoms with van der Waals surface area (Å²) >= 11 is 0. The van der Waals surface area contributed by atoms with Gasteiger partial charge in [0.25, 0.3) is 0 Å². The maximum atomic E-state index is 12.0. The normalized spacial score (nSPS) is 13.7. The number of benzene rings is 1. The first kappa shape index (κ1) is 14.0. The Kier molecular flexibility index (Phi) is 4.50. The van der Waals surface area contributed by atoms with Crippen LogP contribution in [-0.2, 0) is 10.0 Å². The molecule has 0 aliphatic heterocycles. The third-order valence-electron chi connectivity index (χ3n) is 2.29. The minimum atomic E-state index is -3.54. The molecule has 96 valence electrons. The monoisotopic (exact) mass is 259 g/mol. The second-order valence-corrected chi connectivity index (χ2v) is 5.85. The Labute approximate surface area is 102 Å². The van der Waals surface area contributed by atoms with Gasteiger partial charge in [-0.15, -0.1) is 0 Å². The third kappa shape index (κ3) is 3.42. The van der Waals surface area contributed by atoms with Crippen molar-refractivity contribution in [2.75, 3.05) is 20.7 Å². The zero-order valence-corrected chi connectivity index (χ0v) is 10.9. The van der Waals surface area contributed by atoms with Crippen molar-refractivity contribution in [1.82, 2.24) is 4.31 Å². The molecule has 0 saturated heterocycles. The molecule has 0 radical (unpaired) electrons. The molecule has 1 aromatic rings. The number of ether oxygens (including phenoxy) is 1. The van der Waals surface area contributed by atoms with Crippen molar-refractivity contribution in [3.05, 3.63) is 24.3 Å². The molecule has 1 aromatic carbocycles. The molecule has 0 saturated carbocycles. The molecule has 0 fully saturated rings. The molecule has 0 aromatic heterocycles. The van der Waals surface area contributed by atoms with E-state index in [1.165, 1.54) is 26.3 Å². The number of nitrogens with zero attached hydrogens (tertiary/aromatic N) is 1. The number of hydrogen-bond acceptors (Lipinski definition) is 4. The summed E-state index contributed by atoms with van der Waals surface area (Å²) in [5, 5.41) is 9.19. The molecule has 5 nitrogen and oxygen atoms in total. The van der Waals surface area contributed by atoms with Gasteiger partial charge in [0, 0.05) is 13.6 Å². The molecule has 0 heterocycles. The number of likely N-dealkylation sites (N-methyl/N-ethyl adjacent to an activating group) is 1. The fourth-order valence-corrected chi connectivity index (χ4v) is 2.65. The summed E-state index contributed by atoms with van der Waals surface area (Å²) in [5.41, 5.74) is 0. The standard InChI is InChI=1S/C11H17NO4S/c1-9(13)8-12(2)17(14,15)11-6-4-10(16-3)5-7-11/h4-7,9,13H,8H2,1-3H3. The van der Waals surface area contributed by atoms with Crippen LogP contribution in [0.15, 0.2) is 29.2 Å². The van der Waals surface area contributed by atoms with Crippen LogP contribution in [0.5, 0.6) is 5.75 Å². The molecule has 0 amide bonds. The van der Waals surface area contributed by atoms with E-state index >= 15 is 0 Å². The summed E-state index contributed by atoms with van der Waals surface area (Å²) in [5.74, 6) is 0.599. The van der Waals surface area contributed by atoms with Crippen LogP contribution in [0.1, 0.15) is 6.92 Å². The molecule has 6 heteroatoms. The SMILES string of the molecule is COc1ccc(S(=O)(=O)N(C)CC(C)O)cc1. The van der Waals surface area contributed by atoms with E-state index in [2.05, 4.69) is 0 Å². The first-order valence-corrected chi connectivity index (χ1v) is 6.60. The van der Waals surface area contributed by atoms with E-state index in [9.17, 15) is 13.5 Å². The topological polar surface area (TPSA) is 66.8 Å². The van der Waals surface area contributed by atoms with Gasteiger partial charge in [-0.25, -0.2) is 8.42 Å². The van der Waals surface area contributed by atoms with E-state index in [1.807, 2.05) is 0 Å². The van der Waals surface area contributed by atoms with E-state index < -0.39 is 16.1 Å². The lowest BCUT2D eigenvalue weighted by Gasteiger charge is -2.18. The van der Waals surface area contributed by atoms with Gasteiger partial charge >= 0.3 is 0 Å². The zero-order chi connectivity index (χ0) is 13.1. The molecule has 0 bridgehead atoms. The van der Waals surface area contributed by atoms with Crippen molar-refractivity contribution in [2.45, 2.75) is 17.9 Å². The number of methoxy groups -OCH3 is 1. The molecule has 1 atom stereocenters. The lowest BCUT2D eigenvalue weighted by molar-refractivity contribution is 0.171. The van der Waals surface area contributed by atoms with Gasteiger partial charge in [0.15, 0.2) is 0 Å². The number of hydrogen-bond donors (Lipinski definition) is 1. The molecular formula is C11H17NO4S. The molecule has 1 N–H and O–H groups in total. The predicted molar refractivity (Wildman–Crippen MR) is 64.5 cm³/mol. The van der Waals surface area contributed by atoms with Crippen LogP contribution in [0.3, 0.4) is 0 Å². The predicted octanol–water partition coefficient (Wildman–Crippen LogP) is 0.696. The highest BCUT2D eigenvalue weighted by atomic mass is 32.2. The summed E-state index contributed by atoms with van der Waals surface area (Å²) < 4.78 is 30.2. The Hall–Kier alpha value is -1.11. The minimum Gasteiger partial charge on any atom is -0.497 e. The lowest BCUT2D eigenvalue weighted by Crippen LogP contribution is -2.33. The van der Waals surface area contributed by atoms with Crippen LogP contribution in [0.2, 0.25) is 0 Å². The fourth-order valence-electron chi connectivity index (χ4n) is 1.40. The molecule has 0 aliphatic rings. The van der Waals surface area contributed by atoms with Crippen molar-refractivity contribution >= 4 is 10.0 Å². The molecular weight excluding hydrogens is 242 g/mol. The Balaban J connectivity index is 2.96. The summed E-state index contributed by atoms with van der Waals surface area (Å²) in [7, 11) is -0.588. The van der Waals surface area contributed by atoms with Crippen LogP contribution < -0.4 is 4.74 Å². The van der Waals surface area contributed by atoms with Gasteiger partial charge in [-0.1, -0.05) is 0 Å². The van der Waals surface area contributed by atoms with Gasteiger partial charge in [0.1, 0.15) is 5.75 Å². The first-order chi connectivity index (χ1) is 7.87. The van der Waals surface area contributed by atoms with Crippen LogP contribution in [0, 0.1) is 0 Å². The second kappa shape index (κ2) is 5.48. The van der Waals surface area contributed by atoms with Gasteiger partial charge < -0.3 is 9.84 Å². The summed E-state index contributed by atoms with van der Waals surface area (Å²) in [6.45, 7) is 1.61.